The highest BCUT2D eigenvalue weighted by Crippen LogP contribution is 2.14. The highest BCUT2D eigenvalue weighted by Gasteiger charge is 2.17. The van der Waals surface area contributed by atoms with Crippen molar-refractivity contribution in [1.29, 1.82) is 0 Å². The third kappa shape index (κ3) is 4.55. The van der Waals surface area contributed by atoms with Crippen molar-refractivity contribution in [2.45, 2.75) is 17.9 Å². The summed E-state index contributed by atoms with van der Waals surface area (Å²) >= 11 is 0. The molecule has 0 fully saturated rings. The number of hydrogen-bond donors (Lipinski definition) is 1. The third-order valence-electron chi connectivity index (χ3n) is 2.39. The summed E-state index contributed by atoms with van der Waals surface area (Å²) in [7, 11) is -1.39. The SMILES string of the molecule is CC(CS(C)=O)Nc1ccc(S(=O)(=O)N(C)C)cn1. The van der Waals surface area contributed by atoms with Crippen molar-refractivity contribution >= 4 is 26.6 Å². The summed E-state index contributed by atoms with van der Waals surface area (Å²) in [5, 5.41) is 3.07. The fourth-order valence-corrected chi connectivity index (χ4v) is 3.11. The molecule has 1 rings (SSSR count). The molecule has 0 radical (unpaired) electrons. The first-order valence-corrected chi connectivity index (χ1v) is 8.85. The van der Waals surface area contributed by atoms with E-state index in [1.807, 2.05) is 6.92 Å². The van der Waals surface area contributed by atoms with E-state index >= 15 is 0 Å². The number of anilines is 1. The minimum atomic E-state index is -3.45. The summed E-state index contributed by atoms with van der Waals surface area (Å²) in [4.78, 5) is 4.21. The molecular weight excluding hydrogens is 286 g/mol. The number of hydrogen-bond acceptors (Lipinski definition) is 5. The molecule has 8 heteroatoms. The lowest BCUT2D eigenvalue weighted by atomic mass is 10.4. The summed E-state index contributed by atoms with van der Waals surface area (Å²) in [6.07, 6.45) is 2.95. The normalized spacial score (nSPS) is 15.2. The molecule has 2 unspecified atom stereocenters. The molecule has 1 N–H and O–H groups in total. The molecule has 0 spiro atoms. The Morgan fingerprint density at radius 1 is 1.42 bits per heavy atom. The molecule has 0 aliphatic carbocycles. The van der Waals surface area contributed by atoms with Gasteiger partial charge >= 0.3 is 0 Å². The van der Waals surface area contributed by atoms with Crippen LogP contribution < -0.4 is 5.32 Å². The van der Waals surface area contributed by atoms with Gasteiger partial charge < -0.3 is 5.32 Å². The van der Waals surface area contributed by atoms with Crippen molar-refractivity contribution in [3.8, 4) is 0 Å². The molecule has 0 saturated carbocycles. The summed E-state index contributed by atoms with van der Waals surface area (Å²) in [6.45, 7) is 1.90. The van der Waals surface area contributed by atoms with Crippen LogP contribution in [0.2, 0.25) is 0 Å². The van der Waals surface area contributed by atoms with Crippen LogP contribution in [0.3, 0.4) is 0 Å². The number of nitrogens with one attached hydrogen (secondary N) is 1. The first kappa shape index (κ1) is 16.1. The summed E-state index contributed by atoms with van der Waals surface area (Å²) in [5.74, 6) is 1.08. The molecule has 0 saturated heterocycles. The predicted molar refractivity (Wildman–Crippen MR) is 77.1 cm³/mol. The van der Waals surface area contributed by atoms with Gasteiger partial charge in [-0.05, 0) is 19.1 Å². The Balaban J connectivity index is 2.80. The summed E-state index contributed by atoms with van der Waals surface area (Å²) in [5.41, 5.74) is 0. The van der Waals surface area contributed by atoms with E-state index in [0.29, 0.717) is 11.6 Å². The van der Waals surface area contributed by atoms with Gasteiger partial charge in [-0.25, -0.2) is 17.7 Å². The van der Waals surface area contributed by atoms with E-state index in [4.69, 9.17) is 0 Å². The topological polar surface area (TPSA) is 79.4 Å². The average Bonchev–Trinajstić information content (AvgIpc) is 2.28. The molecular formula is C11H19N3O3S2. The first-order chi connectivity index (χ1) is 8.73. The maximum Gasteiger partial charge on any atom is 0.244 e. The van der Waals surface area contributed by atoms with Crippen molar-refractivity contribution in [2.75, 3.05) is 31.4 Å². The van der Waals surface area contributed by atoms with E-state index in [1.165, 1.54) is 26.4 Å². The predicted octanol–water partition coefficient (Wildman–Crippen LogP) is 0.511. The average molecular weight is 305 g/mol. The van der Waals surface area contributed by atoms with E-state index in [-0.39, 0.29) is 10.9 Å². The number of pyridine rings is 1. The molecule has 0 amide bonds. The van der Waals surface area contributed by atoms with Crippen molar-refractivity contribution in [2.24, 2.45) is 0 Å². The van der Waals surface area contributed by atoms with Gasteiger partial charge in [0.25, 0.3) is 0 Å². The van der Waals surface area contributed by atoms with Gasteiger partial charge in [-0.1, -0.05) is 0 Å². The molecule has 19 heavy (non-hydrogen) atoms. The second kappa shape index (κ2) is 6.44. The van der Waals surface area contributed by atoms with Crippen LogP contribution in [-0.4, -0.2) is 54.1 Å². The van der Waals surface area contributed by atoms with Crippen LogP contribution in [0, 0.1) is 0 Å². The Hall–Kier alpha value is -0.990. The Labute approximate surface area is 116 Å². The van der Waals surface area contributed by atoms with E-state index in [0.717, 1.165) is 4.31 Å². The minimum absolute atomic E-state index is 0.00893. The lowest BCUT2D eigenvalue weighted by molar-refractivity contribution is 0.520. The first-order valence-electron chi connectivity index (χ1n) is 5.68. The third-order valence-corrected chi connectivity index (χ3v) is 5.16. The zero-order valence-corrected chi connectivity index (χ0v) is 13.1. The molecule has 0 aliphatic rings. The Kier molecular flexibility index (Phi) is 5.45. The van der Waals surface area contributed by atoms with Crippen LogP contribution >= 0.6 is 0 Å². The standard InChI is InChI=1S/C11H19N3O3S2/c1-9(8-18(4)15)13-11-6-5-10(7-12-11)19(16,17)14(2)3/h5-7,9H,8H2,1-4H3,(H,12,13). The van der Waals surface area contributed by atoms with Crippen molar-refractivity contribution in [3.63, 3.8) is 0 Å². The van der Waals surface area contributed by atoms with E-state index in [1.54, 1.807) is 12.3 Å². The second-order valence-electron chi connectivity index (χ2n) is 4.45. The molecule has 1 heterocycles. The fraction of sp³-hybridized carbons (Fsp3) is 0.545. The molecule has 2 atom stereocenters. The summed E-state index contributed by atoms with van der Waals surface area (Å²) in [6, 6.07) is 3.11. The van der Waals surface area contributed by atoms with Gasteiger partial charge in [0.05, 0.1) is 0 Å². The Morgan fingerprint density at radius 3 is 2.47 bits per heavy atom. The number of nitrogens with zero attached hydrogens (tertiary/aromatic N) is 2. The van der Waals surface area contributed by atoms with Gasteiger partial charge in [-0.2, -0.15) is 0 Å². The second-order valence-corrected chi connectivity index (χ2v) is 8.08. The lowest BCUT2D eigenvalue weighted by Gasteiger charge is -2.14. The molecule has 108 valence electrons. The smallest absolute Gasteiger partial charge is 0.244 e. The van der Waals surface area contributed by atoms with Crippen LogP contribution in [0.25, 0.3) is 0 Å². The highest BCUT2D eigenvalue weighted by atomic mass is 32.2. The molecule has 0 bridgehead atoms. The number of sulfonamides is 1. The summed E-state index contributed by atoms with van der Waals surface area (Å²) < 4.78 is 35.9. The monoisotopic (exact) mass is 305 g/mol. The van der Waals surface area contributed by atoms with Gasteiger partial charge in [-0.15, -0.1) is 0 Å². The van der Waals surface area contributed by atoms with Crippen molar-refractivity contribution < 1.29 is 12.6 Å². The number of rotatable bonds is 6. The lowest BCUT2D eigenvalue weighted by Crippen LogP contribution is -2.24. The maximum atomic E-state index is 11.8. The van der Waals surface area contributed by atoms with Crippen LogP contribution in [0.1, 0.15) is 6.92 Å². The fourth-order valence-electron chi connectivity index (χ4n) is 1.48. The van der Waals surface area contributed by atoms with Gasteiger partial charge in [0, 0.05) is 49.1 Å². The van der Waals surface area contributed by atoms with E-state index in [9.17, 15) is 12.6 Å². The van der Waals surface area contributed by atoms with E-state index in [2.05, 4.69) is 10.3 Å². The molecule has 1 aromatic rings. The highest BCUT2D eigenvalue weighted by molar-refractivity contribution is 7.89. The van der Waals surface area contributed by atoms with Crippen LogP contribution in [0.4, 0.5) is 5.82 Å². The van der Waals surface area contributed by atoms with Gasteiger partial charge in [0.15, 0.2) is 0 Å². The minimum Gasteiger partial charge on any atom is -0.367 e. The maximum absolute atomic E-state index is 11.8. The zero-order valence-electron chi connectivity index (χ0n) is 11.5. The molecule has 0 aliphatic heterocycles. The molecule has 0 aromatic carbocycles. The van der Waals surface area contributed by atoms with Crippen LogP contribution in [-0.2, 0) is 20.8 Å². The van der Waals surface area contributed by atoms with E-state index < -0.39 is 20.8 Å². The largest absolute Gasteiger partial charge is 0.367 e. The Bertz CT molecular complexity index is 541. The van der Waals surface area contributed by atoms with Crippen LogP contribution in [0.15, 0.2) is 23.2 Å². The zero-order chi connectivity index (χ0) is 14.6. The molecule has 6 nitrogen and oxygen atoms in total. The van der Waals surface area contributed by atoms with Crippen molar-refractivity contribution in [1.82, 2.24) is 9.29 Å². The van der Waals surface area contributed by atoms with Gasteiger partial charge in [0.2, 0.25) is 10.0 Å². The molecule has 1 aromatic heterocycles. The Morgan fingerprint density at radius 2 is 2.05 bits per heavy atom. The number of aromatic nitrogens is 1. The van der Waals surface area contributed by atoms with Gasteiger partial charge in [-0.3, -0.25) is 4.21 Å². The van der Waals surface area contributed by atoms with Gasteiger partial charge in [0.1, 0.15) is 10.7 Å². The van der Waals surface area contributed by atoms with Crippen LogP contribution in [0.5, 0.6) is 0 Å². The van der Waals surface area contributed by atoms with Crippen molar-refractivity contribution in [3.05, 3.63) is 18.3 Å². The quantitative estimate of drug-likeness (QED) is 0.828.